The number of nitrogens with zero attached hydrogens (tertiary/aromatic N) is 2. The van der Waals surface area contributed by atoms with Gasteiger partial charge in [0.25, 0.3) is 0 Å². The van der Waals surface area contributed by atoms with Gasteiger partial charge in [0.1, 0.15) is 0 Å². The number of hydrogen-bond acceptors (Lipinski definition) is 1. The molecule has 2 aromatic rings. The van der Waals surface area contributed by atoms with Crippen LogP contribution in [0.4, 0.5) is 0 Å². The largest absolute Gasteiger partial charge is 0.342 e. The van der Waals surface area contributed by atoms with E-state index in [1.807, 2.05) is 0 Å². The number of rotatable bonds is 1. The summed E-state index contributed by atoms with van der Waals surface area (Å²) in [5.41, 5.74) is 6.46. The van der Waals surface area contributed by atoms with Gasteiger partial charge in [-0.3, -0.25) is 4.90 Å². The molecule has 2 heteroatoms. The molecule has 2 nitrogen and oxygen atoms in total. The van der Waals surface area contributed by atoms with Gasteiger partial charge in [0.2, 0.25) is 0 Å². The Kier molecular flexibility index (Phi) is 3.29. The van der Waals surface area contributed by atoms with Crippen LogP contribution in [-0.2, 0) is 13.0 Å². The predicted molar refractivity (Wildman–Crippen MR) is 96.1 cm³/mol. The van der Waals surface area contributed by atoms with E-state index in [0.717, 1.165) is 5.92 Å². The Labute approximate surface area is 139 Å². The van der Waals surface area contributed by atoms with Crippen molar-refractivity contribution in [1.82, 2.24) is 9.47 Å². The van der Waals surface area contributed by atoms with Crippen LogP contribution in [0.3, 0.4) is 0 Å². The van der Waals surface area contributed by atoms with Crippen molar-refractivity contribution in [3.8, 4) is 0 Å². The van der Waals surface area contributed by atoms with E-state index in [-0.39, 0.29) is 0 Å². The summed E-state index contributed by atoms with van der Waals surface area (Å²) in [4.78, 5) is 2.58. The molecule has 0 amide bonds. The van der Waals surface area contributed by atoms with Crippen molar-refractivity contribution < 1.29 is 0 Å². The first kappa shape index (κ1) is 14.1. The first-order valence-corrected chi connectivity index (χ1v) is 9.68. The van der Waals surface area contributed by atoms with Gasteiger partial charge in [-0.05, 0) is 68.3 Å². The fraction of sp³-hybridized carbons (Fsp3) is 0.619. The minimum atomic E-state index is 0.665. The Morgan fingerprint density at radius 2 is 1.83 bits per heavy atom. The van der Waals surface area contributed by atoms with Crippen LogP contribution in [0.25, 0.3) is 10.9 Å². The summed E-state index contributed by atoms with van der Waals surface area (Å²) in [7, 11) is 2.31. The molecule has 0 radical (unpaired) electrons. The van der Waals surface area contributed by atoms with Gasteiger partial charge in [0.15, 0.2) is 0 Å². The lowest BCUT2D eigenvalue weighted by molar-refractivity contribution is 0.178. The number of aromatic nitrogens is 1. The molecule has 0 saturated heterocycles. The van der Waals surface area contributed by atoms with E-state index >= 15 is 0 Å². The van der Waals surface area contributed by atoms with Gasteiger partial charge in [-0.2, -0.15) is 0 Å². The van der Waals surface area contributed by atoms with Gasteiger partial charge in [0, 0.05) is 29.7 Å². The molecule has 1 unspecified atom stereocenters. The Bertz CT molecular complexity index is 736. The highest BCUT2D eigenvalue weighted by Crippen LogP contribution is 2.43. The fourth-order valence-corrected chi connectivity index (χ4v) is 5.49. The third kappa shape index (κ3) is 2.11. The van der Waals surface area contributed by atoms with Crippen LogP contribution >= 0.6 is 0 Å². The third-order valence-corrected chi connectivity index (χ3v) is 6.74. The molecule has 2 aliphatic carbocycles. The SMILES string of the molecule is CN1CCn2c3c(c4cc(C5CCCCC5)ccc42)CCCC31. The Morgan fingerprint density at radius 3 is 2.70 bits per heavy atom. The molecule has 122 valence electrons. The van der Waals surface area contributed by atoms with Crippen LogP contribution in [0, 0.1) is 0 Å². The predicted octanol–water partition coefficient (Wildman–Crippen LogP) is 5.01. The van der Waals surface area contributed by atoms with E-state index in [1.54, 1.807) is 22.2 Å². The maximum absolute atomic E-state index is 2.65. The molecule has 1 aromatic carbocycles. The van der Waals surface area contributed by atoms with E-state index < -0.39 is 0 Å². The van der Waals surface area contributed by atoms with Crippen LogP contribution < -0.4 is 0 Å². The van der Waals surface area contributed by atoms with E-state index in [9.17, 15) is 0 Å². The van der Waals surface area contributed by atoms with Crippen LogP contribution in [-0.4, -0.2) is 23.1 Å². The molecular weight excluding hydrogens is 280 g/mol. The van der Waals surface area contributed by atoms with Gasteiger partial charge in [0.05, 0.1) is 6.04 Å². The molecule has 1 fully saturated rings. The van der Waals surface area contributed by atoms with Crippen molar-refractivity contribution in [3.05, 3.63) is 35.0 Å². The first-order valence-electron chi connectivity index (χ1n) is 9.68. The molecule has 5 rings (SSSR count). The third-order valence-electron chi connectivity index (χ3n) is 6.74. The van der Waals surface area contributed by atoms with E-state index in [1.165, 1.54) is 70.0 Å². The van der Waals surface area contributed by atoms with Gasteiger partial charge in [-0.15, -0.1) is 0 Å². The zero-order valence-electron chi connectivity index (χ0n) is 14.4. The summed E-state index contributed by atoms with van der Waals surface area (Å²) in [6, 6.07) is 8.13. The first-order chi connectivity index (χ1) is 11.3. The zero-order chi connectivity index (χ0) is 15.4. The van der Waals surface area contributed by atoms with Crippen molar-refractivity contribution in [2.75, 3.05) is 13.6 Å². The van der Waals surface area contributed by atoms with Crippen molar-refractivity contribution in [2.24, 2.45) is 0 Å². The quantitative estimate of drug-likeness (QED) is 0.719. The minimum absolute atomic E-state index is 0.665. The average molecular weight is 308 g/mol. The second-order valence-electron chi connectivity index (χ2n) is 8.02. The van der Waals surface area contributed by atoms with E-state index in [4.69, 9.17) is 0 Å². The number of aryl methyl sites for hydroxylation is 1. The van der Waals surface area contributed by atoms with Crippen molar-refractivity contribution in [3.63, 3.8) is 0 Å². The second kappa shape index (κ2) is 5.37. The van der Waals surface area contributed by atoms with E-state index in [2.05, 4.69) is 34.7 Å². The Hall–Kier alpha value is -1.28. The monoisotopic (exact) mass is 308 g/mol. The highest BCUT2D eigenvalue weighted by molar-refractivity contribution is 5.87. The number of benzene rings is 1. The van der Waals surface area contributed by atoms with Gasteiger partial charge >= 0.3 is 0 Å². The average Bonchev–Trinajstić information content (AvgIpc) is 2.94. The summed E-state index contributed by atoms with van der Waals surface area (Å²) >= 11 is 0. The molecule has 1 aromatic heterocycles. The smallest absolute Gasteiger partial charge is 0.0501 e. The summed E-state index contributed by atoms with van der Waals surface area (Å²) < 4.78 is 2.65. The molecule has 1 aliphatic heterocycles. The highest BCUT2D eigenvalue weighted by Gasteiger charge is 2.33. The zero-order valence-corrected chi connectivity index (χ0v) is 14.4. The lowest BCUT2D eigenvalue weighted by Gasteiger charge is -2.37. The van der Waals surface area contributed by atoms with Gasteiger partial charge in [-0.25, -0.2) is 0 Å². The standard InChI is InChI=1S/C21H28N2/c1-22-12-13-23-19-11-10-16(15-6-3-2-4-7-15)14-18(19)17-8-5-9-20(22)21(17)23/h10-11,14-15,20H,2-9,12-13H2,1H3. The topological polar surface area (TPSA) is 8.17 Å². The Morgan fingerprint density at radius 1 is 0.957 bits per heavy atom. The summed E-state index contributed by atoms with van der Waals surface area (Å²) in [6.45, 7) is 2.37. The van der Waals surface area contributed by atoms with Crippen LogP contribution in [0.2, 0.25) is 0 Å². The molecule has 3 aliphatic rings. The van der Waals surface area contributed by atoms with Crippen molar-refractivity contribution in [2.45, 2.75) is 69.9 Å². The van der Waals surface area contributed by atoms with E-state index in [0.29, 0.717) is 6.04 Å². The molecule has 0 N–H and O–H groups in total. The molecule has 2 heterocycles. The Balaban J connectivity index is 1.66. The second-order valence-corrected chi connectivity index (χ2v) is 8.02. The maximum Gasteiger partial charge on any atom is 0.0501 e. The lowest BCUT2D eigenvalue weighted by atomic mass is 9.83. The van der Waals surface area contributed by atoms with Gasteiger partial charge in [-0.1, -0.05) is 25.3 Å². The lowest BCUT2D eigenvalue weighted by Crippen LogP contribution is -2.36. The van der Waals surface area contributed by atoms with Crippen molar-refractivity contribution >= 4 is 10.9 Å². The maximum atomic E-state index is 2.65. The summed E-state index contributed by atoms with van der Waals surface area (Å²) in [6.07, 6.45) is 11.1. The number of likely N-dealkylation sites (N-methyl/N-ethyl adjacent to an activating group) is 1. The highest BCUT2D eigenvalue weighted by atomic mass is 15.2. The number of hydrogen-bond donors (Lipinski definition) is 0. The number of fused-ring (bicyclic) bond motifs is 3. The molecule has 23 heavy (non-hydrogen) atoms. The molecule has 0 spiro atoms. The fourth-order valence-electron chi connectivity index (χ4n) is 5.49. The molecule has 1 atom stereocenters. The normalized spacial score (nSPS) is 25.7. The van der Waals surface area contributed by atoms with Crippen molar-refractivity contribution in [1.29, 1.82) is 0 Å². The molecule has 1 saturated carbocycles. The molecule has 0 bridgehead atoms. The van der Waals surface area contributed by atoms with Crippen LogP contribution in [0.15, 0.2) is 18.2 Å². The molecular formula is C21H28N2. The van der Waals surface area contributed by atoms with Gasteiger partial charge < -0.3 is 4.57 Å². The summed E-state index contributed by atoms with van der Waals surface area (Å²) in [5, 5.41) is 1.59. The minimum Gasteiger partial charge on any atom is -0.342 e. The summed E-state index contributed by atoms with van der Waals surface area (Å²) in [5.74, 6) is 0.819. The van der Waals surface area contributed by atoms with Crippen LogP contribution in [0.5, 0.6) is 0 Å². The van der Waals surface area contributed by atoms with Crippen LogP contribution in [0.1, 0.15) is 73.7 Å².